The van der Waals surface area contributed by atoms with E-state index in [1.165, 1.54) is 56.9 Å². The molecular formula is C25H50O5. The van der Waals surface area contributed by atoms with Crippen LogP contribution in [0.25, 0.3) is 0 Å². The first-order valence-corrected chi connectivity index (χ1v) is 12.1. The standard InChI is InChI=1S/C25H50O5/c1-19(2)9-6-10-20(3)11-7-12-21(4)13-8-14-22(5)15-16-30-18-24(28)25(29)23(27)17-26/h15,19-21,23-29H,6-14,16-18H2,1-5H3/t20?,21?,23-,24+,25+/m1/s1. The Morgan fingerprint density at radius 2 is 1.33 bits per heavy atom. The number of aliphatic hydroxyl groups excluding tert-OH is 4. The highest BCUT2D eigenvalue weighted by molar-refractivity contribution is 4.97. The number of aliphatic hydroxyl groups is 4. The summed E-state index contributed by atoms with van der Waals surface area (Å²) in [5.74, 6) is 2.45. The van der Waals surface area contributed by atoms with Gasteiger partial charge in [0.2, 0.25) is 0 Å². The van der Waals surface area contributed by atoms with Crippen molar-refractivity contribution in [1.29, 1.82) is 0 Å². The molecule has 180 valence electrons. The summed E-state index contributed by atoms with van der Waals surface area (Å²) in [6.45, 7) is 11.2. The SMILES string of the molecule is CC(=CCOC[C@H](O)[C@@H](O)[C@H](O)CO)CCCC(C)CCCC(C)CCCC(C)C. The molecule has 0 aliphatic carbocycles. The second kappa shape index (κ2) is 18.1. The Balaban J connectivity index is 3.77. The fraction of sp³-hybridized carbons (Fsp3) is 0.920. The lowest BCUT2D eigenvalue weighted by Gasteiger charge is -2.21. The van der Waals surface area contributed by atoms with Crippen LogP contribution < -0.4 is 0 Å². The average molecular weight is 431 g/mol. The molecule has 0 aromatic heterocycles. The molecule has 5 nitrogen and oxygen atoms in total. The Hall–Kier alpha value is -0.460. The van der Waals surface area contributed by atoms with Crippen LogP contribution in [0, 0.1) is 17.8 Å². The fourth-order valence-electron chi connectivity index (χ4n) is 3.66. The third kappa shape index (κ3) is 16.3. The van der Waals surface area contributed by atoms with Crippen LogP contribution in [0.2, 0.25) is 0 Å². The van der Waals surface area contributed by atoms with E-state index in [-0.39, 0.29) is 6.61 Å². The van der Waals surface area contributed by atoms with Gasteiger partial charge < -0.3 is 25.2 Å². The van der Waals surface area contributed by atoms with Gasteiger partial charge in [-0.3, -0.25) is 0 Å². The molecular weight excluding hydrogens is 380 g/mol. The number of hydrogen-bond donors (Lipinski definition) is 4. The maximum Gasteiger partial charge on any atom is 0.110 e. The van der Waals surface area contributed by atoms with Gasteiger partial charge in [0.05, 0.1) is 19.8 Å². The predicted octanol–water partition coefficient (Wildman–Crippen LogP) is 4.46. The molecule has 0 aromatic carbocycles. The lowest BCUT2D eigenvalue weighted by molar-refractivity contribution is -0.0974. The summed E-state index contributed by atoms with van der Waals surface area (Å²) in [5, 5.41) is 37.3. The molecule has 0 radical (unpaired) electrons. The van der Waals surface area contributed by atoms with E-state index in [9.17, 15) is 15.3 Å². The molecule has 0 fully saturated rings. The van der Waals surface area contributed by atoms with E-state index in [1.807, 2.05) is 6.08 Å². The monoisotopic (exact) mass is 430 g/mol. The van der Waals surface area contributed by atoms with Crippen molar-refractivity contribution < 1.29 is 25.2 Å². The largest absolute Gasteiger partial charge is 0.394 e. The Labute approximate surface area is 185 Å². The van der Waals surface area contributed by atoms with Crippen LogP contribution in [0.3, 0.4) is 0 Å². The van der Waals surface area contributed by atoms with Gasteiger partial charge >= 0.3 is 0 Å². The summed E-state index contributed by atoms with van der Waals surface area (Å²) in [5.41, 5.74) is 1.27. The molecule has 2 unspecified atom stereocenters. The zero-order chi connectivity index (χ0) is 22.9. The molecule has 5 heteroatoms. The first-order valence-electron chi connectivity index (χ1n) is 12.1. The maximum atomic E-state index is 9.69. The highest BCUT2D eigenvalue weighted by Gasteiger charge is 2.23. The summed E-state index contributed by atoms with van der Waals surface area (Å²) in [6.07, 6.45) is 9.63. The molecule has 0 saturated heterocycles. The lowest BCUT2D eigenvalue weighted by atomic mass is 9.91. The van der Waals surface area contributed by atoms with Crippen LogP contribution in [-0.2, 0) is 4.74 Å². The van der Waals surface area contributed by atoms with Crippen LogP contribution in [0.1, 0.15) is 92.4 Å². The molecule has 30 heavy (non-hydrogen) atoms. The summed E-state index contributed by atoms with van der Waals surface area (Å²) < 4.78 is 5.35. The quantitative estimate of drug-likeness (QED) is 0.179. The first-order chi connectivity index (χ1) is 14.2. The van der Waals surface area contributed by atoms with E-state index in [1.54, 1.807) is 0 Å². The van der Waals surface area contributed by atoms with Gasteiger partial charge in [-0.15, -0.1) is 0 Å². The summed E-state index contributed by atoms with van der Waals surface area (Å²) >= 11 is 0. The number of ether oxygens (including phenoxy) is 1. The topological polar surface area (TPSA) is 90.2 Å². The molecule has 5 atom stereocenters. The van der Waals surface area contributed by atoms with E-state index in [0.717, 1.165) is 24.2 Å². The zero-order valence-corrected chi connectivity index (χ0v) is 20.2. The molecule has 0 amide bonds. The van der Waals surface area contributed by atoms with Gasteiger partial charge in [-0.1, -0.05) is 84.3 Å². The third-order valence-electron chi connectivity index (χ3n) is 5.95. The van der Waals surface area contributed by atoms with Crippen molar-refractivity contribution in [1.82, 2.24) is 0 Å². The van der Waals surface area contributed by atoms with Crippen molar-refractivity contribution in [2.45, 2.75) is 111 Å². The number of rotatable bonds is 19. The van der Waals surface area contributed by atoms with Crippen molar-refractivity contribution in [3.05, 3.63) is 11.6 Å². The Morgan fingerprint density at radius 3 is 1.87 bits per heavy atom. The Kier molecular flexibility index (Phi) is 17.9. The van der Waals surface area contributed by atoms with Gasteiger partial charge in [0.25, 0.3) is 0 Å². The minimum absolute atomic E-state index is 0.0745. The normalized spacial score (nSPS) is 17.7. The van der Waals surface area contributed by atoms with Gasteiger partial charge in [-0.25, -0.2) is 0 Å². The summed E-state index contributed by atoms with van der Waals surface area (Å²) in [4.78, 5) is 0. The smallest absolute Gasteiger partial charge is 0.110 e. The molecule has 0 bridgehead atoms. The molecule has 0 saturated carbocycles. The minimum atomic E-state index is -1.40. The molecule has 0 rings (SSSR count). The van der Waals surface area contributed by atoms with Gasteiger partial charge in [0.15, 0.2) is 0 Å². The lowest BCUT2D eigenvalue weighted by Crippen LogP contribution is -2.41. The van der Waals surface area contributed by atoms with Crippen LogP contribution in [-0.4, -0.2) is 58.6 Å². The van der Waals surface area contributed by atoms with E-state index >= 15 is 0 Å². The molecule has 0 spiro atoms. The molecule has 0 aromatic rings. The molecule has 0 aliphatic heterocycles. The van der Waals surface area contributed by atoms with E-state index in [2.05, 4.69) is 34.6 Å². The molecule has 0 heterocycles. The van der Waals surface area contributed by atoms with Gasteiger partial charge in [0.1, 0.15) is 18.3 Å². The summed E-state index contributed by atoms with van der Waals surface area (Å²) in [7, 11) is 0. The van der Waals surface area contributed by atoms with Crippen molar-refractivity contribution >= 4 is 0 Å². The van der Waals surface area contributed by atoms with E-state index in [4.69, 9.17) is 9.84 Å². The van der Waals surface area contributed by atoms with Crippen LogP contribution in [0.4, 0.5) is 0 Å². The number of hydrogen-bond acceptors (Lipinski definition) is 5. The van der Waals surface area contributed by atoms with Gasteiger partial charge in [0, 0.05) is 0 Å². The Bertz CT molecular complexity index is 424. The fourth-order valence-corrected chi connectivity index (χ4v) is 3.66. The molecule has 4 N–H and O–H groups in total. The van der Waals surface area contributed by atoms with E-state index in [0.29, 0.717) is 6.61 Å². The van der Waals surface area contributed by atoms with Crippen molar-refractivity contribution in [2.75, 3.05) is 19.8 Å². The zero-order valence-electron chi connectivity index (χ0n) is 20.2. The van der Waals surface area contributed by atoms with Gasteiger partial charge in [-0.05, 0) is 37.5 Å². The first kappa shape index (κ1) is 29.5. The van der Waals surface area contributed by atoms with Crippen LogP contribution in [0.15, 0.2) is 11.6 Å². The average Bonchev–Trinajstić information content (AvgIpc) is 2.69. The van der Waals surface area contributed by atoms with Crippen LogP contribution in [0.5, 0.6) is 0 Å². The van der Waals surface area contributed by atoms with E-state index < -0.39 is 24.9 Å². The highest BCUT2D eigenvalue weighted by atomic mass is 16.5. The second-order valence-corrected chi connectivity index (χ2v) is 9.75. The maximum absolute atomic E-state index is 9.69. The third-order valence-corrected chi connectivity index (χ3v) is 5.95. The minimum Gasteiger partial charge on any atom is -0.394 e. The van der Waals surface area contributed by atoms with Crippen molar-refractivity contribution in [3.63, 3.8) is 0 Å². The molecule has 0 aliphatic rings. The summed E-state index contributed by atoms with van der Waals surface area (Å²) in [6, 6.07) is 0. The number of allylic oxidation sites excluding steroid dienone is 1. The predicted molar refractivity (Wildman–Crippen MR) is 124 cm³/mol. The van der Waals surface area contributed by atoms with Crippen molar-refractivity contribution in [2.24, 2.45) is 17.8 Å². The van der Waals surface area contributed by atoms with Crippen LogP contribution >= 0.6 is 0 Å². The van der Waals surface area contributed by atoms with Crippen molar-refractivity contribution in [3.8, 4) is 0 Å². The second-order valence-electron chi connectivity index (χ2n) is 9.75. The highest BCUT2D eigenvalue weighted by Crippen LogP contribution is 2.22. The Morgan fingerprint density at radius 1 is 0.800 bits per heavy atom. The van der Waals surface area contributed by atoms with Gasteiger partial charge in [-0.2, -0.15) is 0 Å².